The molecule has 0 saturated carbocycles. The molecule has 8 nitrogen and oxygen atoms in total. The van der Waals surface area contributed by atoms with E-state index in [2.05, 4.69) is 4.98 Å². The van der Waals surface area contributed by atoms with Crippen LogP contribution < -0.4 is 14.4 Å². The highest BCUT2D eigenvalue weighted by Gasteiger charge is 2.48. The maximum Gasteiger partial charge on any atom is 0.301 e. The Morgan fingerprint density at radius 2 is 1.76 bits per heavy atom. The molecule has 0 radical (unpaired) electrons. The maximum atomic E-state index is 13.2. The van der Waals surface area contributed by atoms with Crippen LogP contribution in [0.3, 0.4) is 0 Å². The fourth-order valence-corrected chi connectivity index (χ4v) is 4.61. The molecule has 4 rings (SSSR count). The normalized spacial score (nSPS) is 17.5. The summed E-state index contributed by atoms with van der Waals surface area (Å²) in [5.41, 5.74) is 1.50. The molecule has 9 heteroatoms. The zero-order valence-electron chi connectivity index (χ0n) is 18.4. The number of carbonyl (C=O) groups excluding carboxylic acids is 2. The molecule has 2 heterocycles. The first-order valence-electron chi connectivity index (χ1n) is 10.0. The molecule has 33 heavy (non-hydrogen) atoms. The summed E-state index contributed by atoms with van der Waals surface area (Å²) in [7, 11) is 2.93. The number of ether oxygens (including phenoxy) is 2. The van der Waals surface area contributed by atoms with Crippen LogP contribution >= 0.6 is 11.3 Å². The summed E-state index contributed by atoms with van der Waals surface area (Å²) in [5.74, 6) is -1.27. The molecule has 170 valence electrons. The Morgan fingerprint density at radius 3 is 2.33 bits per heavy atom. The molecule has 1 atom stereocenters. The Kier molecular flexibility index (Phi) is 5.82. The van der Waals surface area contributed by atoms with Crippen LogP contribution in [0.15, 0.2) is 48.0 Å². The SMILES string of the molecule is COc1ccc(C(O)=C2C(=O)C(=O)N(c3nc(C)c(C)s3)C2c2ccc(O)c(OC)c2)cc1. The number of thiazole rings is 1. The van der Waals surface area contributed by atoms with Gasteiger partial charge < -0.3 is 19.7 Å². The van der Waals surface area contributed by atoms with Gasteiger partial charge in [0.1, 0.15) is 11.5 Å². The lowest BCUT2D eigenvalue weighted by Gasteiger charge is -2.23. The van der Waals surface area contributed by atoms with Crippen LogP contribution in [0.25, 0.3) is 5.76 Å². The molecule has 0 aliphatic carbocycles. The summed E-state index contributed by atoms with van der Waals surface area (Å²) < 4.78 is 10.4. The van der Waals surface area contributed by atoms with Gasteiger partial charge in [-0.3, -0.25) is 14.5 Å². The van der Waals surface area contributed by atoms with Crippen molar-refractivity contribution in [2.45, 2.75) is 19.9 Å². The van der Waals surface area contributed by atoms with Crippen molar-refractivity contribution >= 4 is 33.9 Å². The second kappa shape index (κ2) is 8.59. The number of aromatic nitrogens is 1. The lowest BCUT2D eigenvalue weighted by Crippen LogP contribution is -2.29. The van der Waals surface area contributed by atoms with Crippen LogP contribution in [-0.4, -0.2) is 41.1 Å². The van der Waals surface area contributed by atoms with Crippen LogP contribution in [0.2, 0.25) is 0 Å². The summed E-state index contributed by atoms with van der Waals surface area (Å²) in [5, 5.41) is 21.5. The summed E-state index contributed by atoms with van der Waals surface area (Å²) in [4.78, 5) is 33.0. The van der Waals surface area contributed by atoms with Crippen molar-refractivity contribution in [3.8, 4) is 17.2 Å². The van der Waals surface area contributed by atoms with Gasteiger partial charge in [-0.2, -0.15) is 0 Å². The van der Waals surface area contributed by atoms with E-state index in [1.807, 2.05) is 13.8 Å². The number of aromatic hydroxyl groups is 1. The molecule has 1 saturated heterocycles. The average Bonchev–Trinajstić information content (AvgIpc) is 3.28. The number of aliphatic hydroxyl groups excluding tert-OH is 1. The molecule has 2 N–H and O–H groups in total. The van der Waals surface area contributed by atoms with Gasteiger partial charge in [0.25, 0.3) is 5.78 Å². The van der Waals surface area contributed by atoms with Gasteiger partial charge in [-0.1, -0.05) is 6.07 Å². The number of benzene rings is 2. The molecule has 1 fully saturated rings. The first kappa shape index (κ1) is 22.3. The Bertz CT molecular complexity index is 1260. The van der Waals surface area contributed by atoms with Crippen LogP contribution in [0.1, 0.15) is 27.7 Å². The molecule has 3 aromatic rings. The van der Waals surface area contributed by atoms with E-state index in [0.29, 0.717) is 22.0 Å². The molecule has 1 aliphatic rings. The Hall–Kier alpha value is -3.85. The van der Waals surface area contributed by atoms with Crippen LogP contribution in [0.5, 0.6) is 17.2 Å². The van der Waals surface area contributed by atoms with Gasteiger partial charge in [-0.05, 0) is 55.8 Å². The van der Waals surface area contributed by atoms with E-state index >= 15 is 0 Å². The summed E-state index contributed by atoms with van der Waals surface area (Å²) in [6.45, 7) is 3.70. The third kappa shape index (κ3) is 3.80. The second-order valence-electron chi connectivity index (χ2n) is 7.47. The number of hydrogen-bond acceptors (Lipinski definition) is 8. The van der Waals surface area contributed by atoms with Gasteiger partial charge >= 0.3 is 5.91 Å². The average molecular weight is 467 g/mol. The third-order valence-corrected chi connectivity index (χ3v) is 6.62. The summed E-state index contributed by atoms with van der Waals surface area (Å²) >= 11 is 1.28. The van der Waals surface area contributed by atoms with Crippen LogP contribution in [0, 0.1) is 13.8 Å². The minimum atomic E-state index is -0.966. The van der Waals surface area contributed by atoms with Gasteiger partial charge in [0.15, 0.2) is 16.6 Å². The molecule has 1 aromatic heterocycles. The molecular formula is C24H22N2O6S. The fourth-order valence-electron chi connectivity index (χ4n) is 3.67. The van der Waals surface area contributed by atoms with Crippen LogP contribution in [0.4, 0.5) is 5.13 Å². The van der Waals surface area contributed by atoms with E-state index in [1.54, 1.807) is 30.3 Å². The van der Waals surface area contributed by atoms with Crippen molar-refractivity contribution in [2.24, 2.45) is 0 Å². The summed E-state index contributed by atoms with van der Waals surface area (Å²) in [6.07, 6.45) is 0. The van der Waals surface area contributed by atoms with Gasteiger partial charge in [0.05, 0.1) is 31.5 Å². The Balaban J connectivity index is 1.95. The van der Waals surface area contributed by atoms with Crippen molar-refractivity contribution in [1.82, 2.24) is 4.98 Å². The largest absolute Gasteiger partial charge is 0.507 e. The number of amides is 1. The number of aliphatic hydroxyl groups is 1. The predicted molar refractivity (Wildman–Crippen MR) is 124 cm³/mol. The number of Topliss-reactive ketones (excluding diaryl/α,β-unsaturated/α-hetero) is 1. The smallest absolute Gasteiger partial charge is 0.301 e. The van der Waals surface area contributed by atoms with Crippen molar-refractivity contribution in [1.29, 1.82) is 0 Å². The fraction of sp³-hybridized carbons (Fsp3) is 0.208. The minimum absolute atomic E-state index is 0.0802. The van der Waals surface area contributed by atoms with Crippen LogP contribution in [-0.2, 0) is 9.59 Å². The van der Waals surface area contributed by atoms with Gasteiger partial charge in [-0.15, -0.1) is 11.3 Å². The molecular weight excluding hydrogens is 444 g/mol. The number of aryl methyl sites for hydroxylation is 2. The van der Waals surface area contributed by atoms with E-state index in [0.717, 1.165) is 10.6 Å². The topological polar surface area (TPSA) is 109 Å². The van der Waals surface area contributed by atoms with Gasteiger partial charge in [0.2, 0.25) is 0 Å². The highest BCUT2D eigenvalue weighted by molar-refractivity contribution is 7.16. The number of hydrogen-bond donors (Lipinski definition) is 2. The third-order valence-electron chi connectivity index (χ3n) is 5.55. The Morgan fingerprint density at radius 1 is 1.06 bits per heavy atom. The lowest BCUT2D eigenvalue weighted by atomic mass is 9.95. The zero-order valence-corrected chi connectivity index (χ0v) is 19.3. The van der Waals surface area contributed by atoms with E-state index in [4.69, 9.17) is 9.47 Å². The van der Waals surface area contributed by atoms with E-state index in [9.17, 15) is 19.8 Å². The number of nitrogens with zero attached hydrogens (tertiary/aromatic N) is 2. The minimum Gasteiger partial charge on any atom is -0.507 e. The number of methoxy groups -OCH3 is 2. The summed E-state index contributed by atoms with van der Waals surface area (Å²) in [6, 6.07) is 10.1. The van der Waals surface area contributed by atoms with Gasteiger partial charge in [0, 0.05) is 10.4 Å². The van der Waals surface area contributed by atoms with E-state index in [1.165, 1.54) is 42.6 Å². The number of ketones is 1. The first-order chi connectivity index (χ1) is 15.8. The quantitative estimate of drug-likeness (QED) is 0.331. The first-order valence-corrected chi connectivity index (χ1v) is 10.8. The highest BCUT2D eigenvalue weighted by atomic mass is 32.1. The van der Waals surface area contributed by atoms with Gasteiger partial charge in [-0.25, -0.2) is 4.98 Å². The molecule has 0 bridgehead atoms. The highest BCUT2D eigenvalue weighted by Crippen LogP contribution is 2.45. The maximum absolute atomic E-state index is 13.2. The number of carbonyl (C=O) groups is 2. The van der Waals surface area contributed by atoms with E-state index in [-0.39, 0.29) is 22.8 Å². The predicted octanol–water partition coefficient (Wildman–Crippen LogP) is 4.11. The van der Waals surface area contributed by atoms with Crippen molar-refractivity contribution in [3.63, 3.8) is 0 Å². The number of anilines is 1. The molecule has 1 unspecified atom stereocenters. The molecule has 1 amide bonds. The lowest BCUT2D eigenvalue weighted by molar-refractivity contribution is -0.132. The van der Waals surface area contributed by atoms with Crippen molar-refractivity contribution in [3.05, 3.63) is 69.7 Å². The Labute approximate surface area is 194 Å². The zero-order chi connectivity index (χ0) is 23.9. The van der Waals surface area contributed by atoms with Crippen molar-refractivity contribution in [2.75, 3.05) is 19.1 Å². The number of rotatable bonds is 5. The monoisotopic (exact) mass is 466 g/mol. The standard InChI is InChI=1S/C24H22N2O6S/c1-12-13(2)33-24(25-12)26-20(15-7-10-17(27)18(11-15)32-4)19(22(29)23(26)30)21(28)14-5-8-16(31-3)9-6-14/h5-11,20,27-28H,1-4H3. The molecule has 1 aliphatic heterocycles. The van der Waals surface area contributed by atoms with Crippen molar-refractivity contribution < 1.29 is 29.3 Å². The number of phenols is 1. The number of phenolic OH excluding ortho intramolecular Hbond substituents is 1. The van der Waals surface area contributed by atoms with E-state index < -0.39 is 17.7 Å². The molecule has 2 aromatic carbocycles. The molecule has 0 spiro atoms. The second-order valence-corrected chi connectivity index (χ2v) is 8.65.